The summed E-state index contributed by atoms with van der Waals surface area (Å²) in [4.78, 5) is 15.1. The van der Waals surface area contributed by atoms with Crippen LogP contribution in [-0.2, 0) is 0 Å². The van der Waals surface area contributed by atoms with Crippen LogP contribution >= 0.6 is 11.6 Å². The van der Waals surface area contributed by atoms with E-state index in [1.54, 1.807) is 24.3 Å². The molecular weight excluding hydrogens is 228 g/mol. The molecule has 0 fully saturated rings. The molecule has 6 heteroatoms. The Kier molecular flexibility index (Phi) is 2.62. The smallest absolute Gasteiger partial charge is 0.246 e. The van der Waals surface area contributed by atoms with E-state index in [1.807, 2.05) is 0 Å². The number of anilines is 1. The highest BCUT2D eigenvalue weighted by Gasteiger charge is 2.11. The number of hydrogen-bond acceptors (Lipinski definition) is 4. The monoisotopic (exact) mass is 236 g/mol. The van der Waals surface area contributed by atoms with Gasteiger partial charge in [0, 0.05) is 17.5 Å². The summed E-state index contributed by atoms with van der Waals surface area (Å²) in [6.07, 6.45) is 0. The van der Waals surface area contributed by atoms with Crippen molar-refractivity contribution in [1.29, 1.82) is 0 Å². The number of halogens is 1. The normalized spacial score (nSPS) is 10.4. The first-order valence-corrected chi connectivity index (χ1v) is 4.95. The molecule has 0 saturated heterocycles. The third-order valence-electron chi connectivity index (χ3n) is 2.03. The van der Waals surface area contributed by atoms with Gasteiger partial charge in [-0.2, -0.15) is 9.67 Å². The Labute approximate surface area is 96.8 Å². The van der Waals surface area contributed by atoms with Gasteiger partial charge in [0.1, 0.15) is 0 Å². The van der Waals surface area contributed by atoms with Gasteiger partial charge >= 0.3 is 0 Å². The lowest BCUT2D eigenvalue weighted by atomic mass is 10.2. The van der Waals surface area contributed by atoms with Crippen LogP contribution in [0.5, 0.6) is 0 Å². The molecule has 0 radical (unpaired) electrons. The zero-order valence-electron chi connectivity index (χ0n) is 8.51. The van der Waals surface area contributed by atoms with Gasteiger partial charge in [-0.25, -0.2) is 0 Å². The SMILES string of the molecule is CC(=O)n1nc(-c2ccc(Cl)cc2)nc1N. The summed E-state index contributed by atoms with van der Waals surface area (Å²) in [6, 6.07) is 6.98. The molecule has 0 amide bonds. The van der Waals surface area contributed by atoms with Crippen molar-refractivity contribution in [3.05, 3.63) is 29.3 Å². The van der Waals surface area contributed by atoms with Gasteiger partial charge in [0.2, 0.25) is 11.9 Å². The Balaban J connectivity index is 2.45. The highest BCUT2D eigenvalue weighted by Crippen LogP contribution is 2.19. The molecule has 1 heterocycles. The Hall–Kier alpha value is -1.88. The molecule has 0 saturated carbocycles. The minimum Gasteiger partial charge on any atom is -0.368 e. The standard InChI is InChI=1S/C10H9ClN4O/c1-6(16)15-10(12)13-9(14-15)7-2-4-8(11)5-3-7/h2-5H,1H3,(H2,12,13,14). The Morgan fingerprint density at radius 1 is 1.38 bits per heavy atom. The summed E-state index contributed by atoms with van der Waals surface area (Å²) in [5.74, 6) is 0.215. The topological polar surface area (TPSA) is 73.8 Å². The molecule has 5 nitrogen and oxygen atoms in total. The first kappa shape index (κ1) is 10.6. The van der Waals surface area contributed by atoms with Crippen molar-refractivity contribution in [2.75, 3.05) is 5.73 Å². The summed E-state index contributed by atoms with van der Waals surface area (Å²) < 4.78 is 1.06. The molecule has 0 aliphatic heterocycles. The lowest BCUT2D eigenvalue weighted by molar-refractivity contribution is 0.0924. The number of hydrogen-bond donors (Lipinski definition) is 1. The van der Waals surface area contributed by atoms with Crippen LogP contribution in [0.2, 0.25) is 5.02 Å². The van der Waals surface area contributed by atoms with E-state index < -0.39 is 0 Å². The number of benzene rings is 1. The maximum absolute atomic E-state index is 11.1. The van der Waals surface area contributed by atoms with Gasteiger partial charge in [-0.3, -0.25) is 4.79 Å². The highest BCUT2D eigenvalue weighted by atomic mass is 35.5. The van der Waals surface area contributed by atoms with Crippen LogP contribution in [-0.4, -0.2) is 20.7 Å². The van der Waals surface area contributed by atoms with E-state index in [1.165, 1.54) is 6.92 Å². The van der Waals surface area contributed by atoms with Crippen molar-refractivity contribution >= 4 is 23.5 Å². The number of nitrogen functional groups attached to an aromatic ring is 1. The molecule has 2 rings (SSSR count). The van der Waals surface area contributed by atoms with Gasteiger partial charge in [0.25, 0.3) is 0 Å². The molecule has 82 valence electrons. The van der Waals surface area contributed by atoms with E-state index in [0.717, 1.165) is 10.2 Å². The van der Waals surface area contributed by atoms with E-state index in [9.17, 15) is 4.79 Å². The zero-order valence-corrected chi connectivity index (χ0v) is 9.27. The number of carbonyl (C=O) groups excluding carboxylic acids is 1. The Morgan fingerprint density at radius 2 is 2.00 bits per heavy atom. The largest absolute Gasteiger partial charge is 0.368 e. The summed E-state index contributed by atoms with van der Waals surface area (Å²) in [6.45, 7) is 1.37. The Bertz CT molecular complexity index is 532. The number of nitrogens with two attached hydrogens (primary N) is 1. The van der Waals surface area contributed by atoms with Crippen molar-refractivity contribution < 1.29 is 4.79 Å². The number of carbonyl (C=O) groups is 1. The summed E-state index contributed by atoms with van der Waals surface area (Å²) in [5, 5.41) is 4.62. The molecule has 2 N–H and O–H groups in total. The molecule has 0 bridgehead atoms. The predicted octanol–water partition coefficient (Wildman–Crippen LogP) is 1.84. The van der Waals surface area contributed by atoms with Crippen molar-refractivity contribution in [1.82, 2.24) is 14.8 Å². The number of nitrogens with zero attached hydrogens (tertiary/aromatic N) is 3. The van der Waals surface area contributed by atoms with Crippen molar-refractivity contribution in [2.24, 2.45) is 0 Å². The van der Waals surface area contributed by atoms with E-state index in [2.05, 4.69) is 10.1 Å². The van der Waals surface area contributed by atoms with E-state index in [0.29, 0.717) is 10.8 Å². The van der Waals surface area contributed by atoms with Crippen molar-refractivity contribution in [3.63, 3.8) is 0 Å². The van der Waals surface area contributed by atoms with Gasteiger partial charge in [0.15, 0.2) is 5.82 Å². The van der Waals surface area contributed by atoms with Crippen LogP contribution in [0.1, 0.15) is 11.7 Å². The Morgan fingerprint density at radius 3 is 2.50 bits per heavy atom. The first-order valence-electron chi connectivity index (χ1n) is 4.57. The van der Waals surface area contributed by atoms with E-state index >= 15 is 0 Å². The molecule has 0 spiro atoms. The zero-order chi connectivity index (χ0) is 11.7. The molecule has 0 aliphatic carbocycles. The maximum atomic E-state index is 11.1. The molecule has 1 aromatic carbocycles. The molecular formula is C10H9ClN4O. The molecule has 2 aromatic rings. The fourth-order valence-electron chi connectivity index (χ4n) is 1.28. The predicted molar refractivity (Wildman–Crippen MR) is 61.2 cm³/mol. The van der Waals surface area contributed by atoms with Crippen molar-refractivity contribution in [3.8, 4) is 11.4 Å². The second-order valence-corrected chi connectivity index (χ2v) is 3.67. The van der Waals surface area contributed by atoms with Gasteiger partial charge in [-0.1, -0.05) is 11.6 Å². The number of rotatable bonds is 1. The van der Waals surface area contributed by atoms with Crippen LogP contribution in [0.3, 0.4) is 0 Å². The summed E-state index contributed by atoms with van der Waals surface area (Å²) in [5.41, 5.74) is 6.31. The van der Waals surface area contributed by atoms with Gasteiger partial charge < -0.3 is 5.73 Å². The maximum Gasteiger partial charge on any atom is 0.246 e. The fraction of sp³-hybridized carbons (Fsp3) is 0.100. The van der Waals surface area contributed by atoms with Crippen LogP contribution in [0, 0.1) is 0 Å². The molecule has 16 heavy (non-hydrogen) atoms. The number of aromatic nitrogens is 3. The molecule has 0 atom stereocenters. The van der Waals surface area contributed by atoms with Crippen LogP contribution in [0.4, 0.5) is 5.95 Å². The average molecular weight is 237 g/mol. The quantitative estimate of drug-likeness (QED) is 0.820. The van der Waals surface area contributed by atoms with E-state index in [-0.39, 0.29) is 11.9 Å². The third-order valence-corrected chi connectivity index (χ3v) is 2.28. The minimum absolute atomic E-state index is 0.0810. The second kappa shape index (κ2) is 3.94. The van der Waals surface area contributed by atoms with Gasteiger partial charge in [0.05, 0.1) is 0 Å². The lowest BCUT2D eigenvalue weighted by Crippen LogP contribution is -2.11. The van der Waals surface area contributed by atoms with E-state index in [4.69, 9.17) is 17.3 Å². The highest BCUT2D eigenvalue weighted by molar-refractivity contribution is 6.30. The summed E-state index contributed by atoms with van der Waals surface area (Å²) in [7, 11) is 0. The van der Waals surface area contributed by atoms with Crippen LogP contribution in [0.15, 0.2) is 24.3 Å². The lowest BCUT2D eigenvalue weighted by Gasteiger charge is -1.94. The van der Waals surface area contributed by atoms with Crippen LogP contribution in [0.25, 0.3) is 11.4 Å². The average Bonchev–Trinajstić information content (AvgIpc) is 2.61. The first-order chi connectivity index (χ1) is 7.58. The minimum atomic E-state index is -0.273. The van der Waals surface area contributed by atoms with Crippen molar-refractivity contribution in [2.45, 2.75) is 6.92 Å². The molecule has 1 aromatic heterocycles. The fourth-order valence-corrected chi connectivity index (χ4v) is 1.40. The van der Waals surface area contributed by atoms with Crippen LogP contribution < -0.4 is 5.73 Å². The summed E-state index contributed by atoms with van der Waals surface area (Å²) >= 11 is 5.76. The van der Waals surface area contributed by atoms with Gasteiger partial charge in [-0.05, 0) is 24.3 Å². The van der Waals surface area contributed by atoms with Gasteiger partial charge in [-0.15, -0.1) is 5.10 Å². The molecule has 0 unspecified atom stereocenters. The molecule has 0 aliphatic rings. The second-order valence-electron chi connectivity index (χ2n) is 3.23. The third kappa shape index (κ3) is 1.90.